The quantitative estimate of drug-likeness (QED) is 0.595. The molecule has 0 aliphatic carbocycles. The molecule has 2 aromatic rings. The fraction of sp³-hybridized carbons (Fsp3) is 0.435. The SMILES string of the molecule is CC=C(C)c1c(C)ncnc1N(C)C(C)c1cc(Cl)c(F)c(C2COC(=O)N2)c1OCC. The standard InChI is InChI=1S/C23H28ClFN4O3/c1-7-12(3)18-13(4)26-11-27-22(18)29(6)14(5)15-9-16(24)20(25)19(21(15)31-8-2)17-10-32-23(30)28-17/h7,9,11,14,17H,8,10H2,1-6H3,(H,28,30). The van der Waals surface area contributed by atoms with E-state index in [1.807, 2.05) is 52.6 Å². The van der Waals surface area contributed by atoms with Crippen molar-refractivity contribution in [2.75, 3.05) is 25.2 Å². The minimum absolute atomic E-state index is 0.00439. The van der Waals surface area contributed by atoms with Crippen LogP contribution in [0.25, 0.3) is 5.57 Å². The van der Waals surface area contributed by atoms with Crippen LogP contribution < -0.4 is 15.0 Å². The molecule has 1 aliphatic heterocycles. The predicted octanol–water partition coefficient (Wildman–Crippen LogP) is 5.38. The lowest BCUT2D eigenvalue weighted by atomic mass is 9.96. The van der Waals surface area contributed by atoms with Crippen LogP contribution in [0.3, 0.4) is 0 Å². The second-order valence-electron chi connectivity index (χ2n) is 7.65. The third kappa shape index (κ3) is 4.37. The van der Waals surface area contributed by atoms with Crippen LogP contribution in [-0.2, 0) is 4.74 Å². The number of nitrogens with one attached hydrogen (secondary N) is 1. The Bertz CT molecular complexity index is 1060. The van der Waals surface area contributed by atoms with Gasteiger partial charge in [0.1, 0.15) is 24.5 Å². The maximum absolute atomic E-state index is 15.1. The number of hydrogen-bond donors (Lipinski definition) is 1. The largest absolute Gasteiger partial charge is 0.493 e. The van der Waals surface area contributed by atoms with Crippen molar-refractivity contribution in [3.63, 3.8) is 0 Å². The molecule has 172 valence electrons. The van der Waals surface area contributed by atoms with Crippen molar-refractivity contribution in [2.24, 2.45) is 0 Å². The van der Waals surface area contributed by atoms with E-state index in [1.165, 1.54) is 6.33 Å². The second kappa shape index (κ2) is 9.73. The van der Waals surface area contributed by atoms with E-state index in [1.54, 1.807) is 6.07 Å². The van der Waals surface area contributed by atoms with Crippen LogP contribution in [-0.4, -0.2) is 36.3 Å². The van der Waals surface area contributed by atoms with Gasteiger partial charge in [0.25, 0.3) is 0 Å². The molecule has 2 unspecified atom stereocenters. The van der Waals surface area contributed by atoms with Crippen LogP contribution in [0, 0.1) is 12.7 Å². The first-order valence-electron chi connectivity index (χ1n) is 10.5. The first-order chi connectivity index (χ1) is 15.2. The number of aromatic nitrogens is 2. The number of cyclic esters (lactones) is 1. The molecule has 0 spiro atoms. The minimum Gasteiger partial charge on any atom is -0.493 e. The lowest BCUT2D eigenvalue weighted by Gasteiger charge is -2.31. The third-order valence-corrected chi connectivity index (χ3v) is 6.03. The van der Waals surface area contributed by atoms with Gasteiger partial charge in [-0.3, -0.25) is 0 Å². The molecule has 9 heteroatoms. The van der Waals surface area contributed by atoms with Gasteiger partial charge in [-0.25, -0.2) is 19.2 Å². The summed E-state index contributed by atoms with van der Waals surface area (Å²) in [5, 5.41) is 2.57. The number of carbonyl (C=O) groups excluding carboxylic acids is 1. The molecule has 32 heavy (non-hydrogen) atoms. The van der Waals surface area contributed by atoms with Crippen LogP contribution >= 0.6 is 11.6 Å². The van der Waals surface area contributed by atoms with Gasteiger partial charge >= 0.3 is 6.09 Å². The highest BCUT2D eigenvalue weighted by atomic mass is 35.5. The van der Waals surface area contributed by atoms with E-state index < -0.39 is 18.0 Å². The van der Waals surface area contributed by atoms with Crippen molar-refractivity contribution >= 4 is 29.1 Å². The van der Waals surface area contributed by atoms with Gasteiger partial charge in [0.05, 0.1) is 35.0 Å². The number of hydrogen-bond acceptors (Lipinski definition) is 6. The Balaban J connectivity index is 2.15. The molecule has 1 N–H and O–H groups in total. The number of nitrogens with zero attached hydrogens (tertiary/aromatic N) is 3. The Hall–Kier alpha value is -2.87. The maximum atomic E-state index is 15.1. The van der Waals surface area contributed by atoms with E-state index in [0.29, 0.717) is 17.9 Å². The molecule has 1 aliphatic rings. The highest BCUT2D eigenvalue weighted by Crippen LogP contribution is 2.42. The Morgan fingerprint density at radius 2 is 2.22 bits per heavy atom. The van der Waals surface area contributed by atoms with Gasteiger partial charge in [0.15, 0.2) is 5.82 Å². The lowest BCUT2D eigenvalue weighted by molar-refractivity contribution is 0.176. The van der Waals surface area contributed by atoms with E-state index in [2.05, 4.69) is 15.3 Å². The van der Waals surface area contributed by atoms with E-state index in [4.69, 9.17) is 21.1 Å². The Morgan fingerprint density at radius 3 is 2.81 bits per heavy atom. The highest BCUT2D eigenvalue weighted by molar-refractivity contribution is 6.31. The summed E-state index contributed by atoms with van der Waals surface area (Å²) in [4.78, 5) is 22.5. The first-order valence-corrected chi connectivity index (χ1v) is 10.8. The number of alkyl carbamates (subject to hydrolysis) is 1. The summed E-state index contributed by atoms with van der Waals surface area (Å²) >= 11 is 6.29. The normalized spacial score (nSPS) is 17.1. The van der Waals surface area contributed by atoms with Crippen LogP contribution in [0.2, 0.25) is 5.02 Å². The van der Waals surface area contributed by atoms with Gasteiger partial charge < -0.3 is 19.7 Å². The van der Waals surface area contributed by atoms with E-state index >= 15 is 4.39 Å². The van der Waals surface area contributed by atoms with Crippen molar-refractivity contribution in [3.8, 4) is 5.75 Å². The Morgan fingerprint density at radius 1 is 1.50 bits per heavy atom. The zero-order chi connectivity index (χ0) is 23.6. The number of rotatable bonds is 7. The van der Waals surface area contributed by atoms with Crippen LogP contribution in [0.4, 0.5) is 15.0 Å². The molecule has 0 bridgehead atoms. The topological polar surface area (TPSA) is 76.6 Å². The summed E-state index contributed by atoms with van der Waals surface area (Å²) < 4.78 is 26.0. The van der Waals surface area contributed by atoms with Crippen LogP contribution in [0.15, 0.2) is 18.5 Å². The number of halogens is 2. The van der Waals surface area contributed by atoms with Crippen LogP contribution in [0.5, 0.6) is 5.75 Å². The Kier molecular flexibility index (Phi) is 7.23. The highest BCUT2D eigenvalue weighted by Gasteiger charge is 2.34. The van der Waals surface area contributed by atoms with Crippen molar-refractivity contribution < 1.29 is 18.7 Å². The van der Waals surface area contributed by atoms with E-state index in [-0.39, 0.29) is 23.2 Å². The summed E-state index contributed by atoms with van der Waals surface area (Å²) in [7, 11) is 1.91. The van der Waals surface area contributed by atoms with Crippen molar-refractivity contribution in [1.82, 2.24) is 15.3 Å². The molecule has 2 atom stereocenters. The smallest absolute Gasteiger partial charge is 0.407 e. The summed E-state index contributed by atoms with van der Waals surface area (Å²) in [6.07, 6.45) is 2.93. The molecular weight excluding hydrogens is 435 g/mol. The molecule has 1 saturated heterocycles. The number of benzene rings is 1. The lowest BCUT2D eigenvalue weighted by Crippen LogP contribution is -2.26. The Labute approximate surface area is 192 Å². The average Bonchev–Trinajstić information content (AvgIpc) is 3.20. The minimum atomic E-state index is -0.693. The molecule has 1 fully saturated rings. The van der Waals surface area contributed by atoms with E-state index in [0.717, 1.165) is 22.6 Å². The zero-order valence-corrected chi connectivity index (χ0v) is 19.9. The van der Waals surface area contributed by atoms with Crippen molar-refractivity contribution in [1.29, 1.82) is 0 Å². The monoisotopic (exact) mass is 462 g/mol. The number of aryl methyl sites for hydroxylation is 1. The third-order valence-electron chi connectivity index (χ3n) is 5.75. The maximum Gasteiger partial charge on any atom is 0.407 e. The first kappa shape index (κ1) is 23.8. The number of allylic oxidation sites excluding steroid dienone is 2. The van der Waals surface area contributed by atoms with Crippen LogP contribution in [0.1, 0.15) is 62.2 Å². The molecule has 0 radical (unpaired) electrons. The second-order valence-corrected chi connectivity index (χ2v) is 8.06. The van der Waals surface area contributed by atoms with Gasteiger partial charge in [-0.15, -0.1) is 0 Å². The molecule has 3 rings (SSSR count). The molecule has 0 saturated carbocycles. The van der Waals surface area contributed by atoms with Gasteiger partial charge in [0.2, 0.25) is 0 Å². The van der Waals surface area contributed by atoms with E-state index in [9.17, 15) is 4.79 Å². The number of anilines is 1. The molecule has 2 heterocycles. The van der Waals surface area contributed by atoms with Gasteiger partial charge in [-0.2, -0.15) is 0 Å². The predicted molar refractivity (Wildman–Crippen MR) is 123 cm³/mol. The summed E-state index contributed by atoms with van der Waals surface area (Å²) in [5.74, 6) is 0.454. The molecule has 1 amide bonds. The summed E-state index contributed by atoms with van der Waals surface area (Å²) in [5.41, 5.74) is 3.71. The number of carbonyl (C=O) groups is 1. The fourth-order valence-corrected chi connectivity index (χ4v) is 4.06. The summed E-state index contributed by atoms with van der Waals surface area (Å²) in [6.45, 7) is 10.0. The number of amides is 1. The molecular formula is C23H28ClFN4O3. The molecule has 1 aromatic heterocycles. The molecule has 7 nitrogen and oxygen atoms in total. The summed E-state index contributed by atoms with van der Waals surface area (Å²) in [6, 6.07) is 0.589. The van der Waals surface area contributed by atoms with Gasteiger partial charge in [-0.1, -0.05) is 17.7 Å². The van der Waals surface area contributed by atoms with Crippen molar-refractivity contribution in [2.45, 2.75) is 46.7 Å². The molecule has 1 aromatic carbocycles. The number of ether oxygens (including phenoxy) is 2. The van der Waals surface area contributed by atoms with Crippen molar-refractivity contribution in [3.05, 3.63) is 51.7 Å². The van der Waals surface area contributed by atoms with Gasteiger partial charge in [0, 0.05) is 18.2 Å². The fourth-order valence-electron chi connectivity index (χ4n) is 3.84. The zero-order valence-electron chi connectivity index (χ0n) is 19.1. The van der Waals surface area contributed by atoms with Gasteiger partial charge in [-0.05, 0) is 46.3 Å². The average molecular weight is 463 g/mol.